The van der Waals surface area contributed by atoms with Gasteiger partial charge in [-0.2, -0.15) is 5.06 Å². The summed E-state index contributed by atoms with van der Waals surface area (Å²) in [5.74, 6) is 0.828. The first kappa shape index (κ1) is 15.0. The Kier molecular flexibility index (Phi) is 6.50. The van der Waals surface area contributed by atoms with Crippen molar-refractivity contribution in [1.29, 1.82) is 0 Å². The van der Waals surface area contributed by atoms with Gasteiger partial charge in [0.2, 0.25) is 0 Å². The summed E-state index contributed by atoms with van der Waals surface area (Å²) in [6, 6.07) is 0. The zero-order valence-corrected chi connectivity index (χ0v) is 12.3. The fourth-order valence-electron chi connectivity index (χ4n) is 2.32. The summed E-state index contributed by atoms with van der Waals surface area (Å²) in [6.45, 7) is 12.4. The van der Waals surface area contributed by atoms with Gasteiger partial charge in [-0.15, -0.1) is 0 Å². The molecule has 17 heavy (non-hydrogen) atoms. The highest BCUT2D eigenvalue weighted by Gasteiger charge is 2.20. The van der Waals surface area contributed by atoms with Crippen molar-refractivity contribution in [3.05, 3.63) is 0 Å². The Bertz CT molecular complexity index is 195. The van der Waals surface area contributed by atoms with Crippen molar-refractivity contribution in [3.8, 4) is 0 Å². The van der Waals surface area contributed by atoms with E-state index in [1.807, 2.05) is 0 Å². The Morgan fingerprint density at radius 3 is 2.35 bits per heavy atom. The number of piperidine rings is 1. The van der Waals surface area contributed by atoms with Crippen LogP contribution >= 0.6 is 0 Å². The van der Waals surface area contributed by atoms with Crippen LogP contribution < -0.4 is 0 Å². The molecule has 1 aliphatic rings. The molecule has 0 saturated carbocycles. The van der Waals surface area contributed by atoms with Gasteiger partial charge in [0.15, 0.2) is 0 Å². The summed E-state index contributed by atoms with van der Waals surface area (Å²) in [5.41, 5.74) is 0.326. The zero-order chi connectivity index (χ0) is 12.7. The van der Waals surface area contributed by atoms with Crippen molar-refractivity contribution in [2.45, 2.75) is 66.2 Å². The number of hydrogen-bond donors (Lipinski definition) is 0. The zero-order valence-electron chi connectivity index (χ0n) is 12.3. The van der Waals surface area contributed by atoms with E-state index in [-0.39, 0.29) is 0 Å². The minimum atomic E-state index is 0.326. The average molecular weight is 241 g/mol. The van der Waals surface area contributed by atoms with Crippen LogP contribution in [-0.4, -0.2) is 24.8 Å². The molecule has 0 aromatic rings. The highest BCUT2D eigenvalue weighted by Crippen LogP contribution is 2.25. The van der Waals surface area contributed by atoms with E-state index in [2.05, 4.69) is 32.8 Å². The van der Waals surface area contributed by atoms with Crippen LogP contribution in [0.2, 0.25) is 0 Å². The van der Waals surface area contributed by atoms with Gasteiger partial charge in [-0.25, -0.2) is 0 Å². The van der Waals surface area contributed by atoms with E-state index < -0.39 is 0 Å². The Labute approximate surface area is 108 Å². The van der Waals surface area contributed by atoms with Crippen LogP contribution in [0.4, 0.5) is 0 Å². The Morgan fingerprint density at radius 2 is 1.76 bits per heavy atom. The first-order valence-corrected chi connectivity index (χ1v) is 7.37. The summed E-state index contributed by atoms with van der Waals surface area (Å²) in [6.07, 6.45) is 7.92. The van der Waals surface area contributed by atoms with Crippen LogP contribution in [0, 0.1) is 11.3 Å². The highest BCUT2D eigenvalue weighted by molar-refractivity contribution is 4.68. The first-order valence-electron chi connectivity index (χ1n) is 7.37. The summed E-state index contributed by atoms with van der Waals surface area (Å²) in [4.78, 5) is 5.94. The minimum absolute atomic E-state index is 0.326. The topological polar surface area (TPSA) is 12.5 Å². The quantitative estimate of drug-likeness (QED) is 0.660. The van der Waals surface area contributed by atoms with Gasteiger partial charge in [-0.3, -0.25) is 4.84 Å². The number of hydrogen-bond acceptors (Lipinski definition) is 2. The molecule has 102 valence electrons. The third-order valence-electron chi connectivity index (χ3n) is 3.59. The van der Waals surface area contributed by atoms with Crippen LogP contribution in [0.15, 0.2) is 0 Å². The minimum Gasteiger partial charge on any atom is -0.298 e. The molecule has 0 aromatic heterocycles. The van der Waals surface area contributed by atoms with Crippen molar-refractivity contribution >= 4 is 0 Å². The smallest absolute Gasteiger partial charge is 0.0736 e. The van der Waals surface area contributed by atoms with Gasteiger partial charge in [-0.1, -0.05) is 47.0 Å². The number of hydroxylamine groups is 2. The molecule has 0 amide bonds. The van der Waals surface area contributed by atoms with Crippen LogP contribution in [0.1, 0.15) is 66.2 Å². The normalized spacial score (nSPS) is 18.9. The lowest BCUT2D eigenvalue weighted by Gasteiger charge is -2.31. The first-order chi connectivity index (χ1) is 7.99. The predicted molar refractivity (Wildman–Crippen MR) is 73.8 cm³/mol. The Morgan fingerprint density at radius 1 is 1.12 bits per heavy atom. The summed E-state index contributed by atoms with van der Waals surface area (Å²) < 4.78 is 0. The molecular weight excluding hydrogens is 210 g/mol. The average Bonchev–Trinajstić information content (AvgIpc) is 2.27. The molecule has 1 aliphatic heterocycles. The van der Waals surface area contributed by atoms with Crippen LogP contribution in [0.5, 0.6) is 0 Å². The maximum atomic E-state index is 5.94. The fourth-order valence-corrected chi connectivity index (χ4v) is 2.32. The van der Waals surface area contributed by atoms with E-state index in [0.29, 0.717) is 5.41 Å². The number of rotatable bonds is 7. The third kappa shape index (κ3) is 7.05. The molecule has 1 rings (SSSR count). The van der Waals surface area contributed by atoms with E-state index in [9.17, 15) is 0 Å². The molecule has 2 heteroatoms. The van der Waals surface area contributed by atoms with Crippen LogP contribution in [-0.2, 0) is 4.84 Å². The van der Waals surface area contributed by atoms with Gasteiger partial charge < -0.3 is 0 Å². The van der Waals surface area contributed by atoms with Gasteiger partial charge in [0.05, 0.1) is 6.61 Å². The molecule has 2 nitrogen and oxygen atoms in total. The molecule has 0 aliphatic carbocycles. The molecule has 0 unspecified atom stereocenters. The van der Waals surface area contributed by atoms with Gasteiger partial charge in [0, 0.05) is 13.1 Å². The molecule has 1 saturated heterocycles. The van der Waals surface area contributed by atoms with E-state index in [0.717, 1.165) is 25.6 Å². The summed E-state index contributed by atoms with van der Waals surface area (Å²) in [7, 11) is 0. The van der Waals surface area contributed by atoms with Gasteiger partial charge in [0.1, 0.15) is 0 Å². The largest absolute Gasteiger partial charge is 0.298 e. The van der Waals surface area contributed by atoms with Crippen molar-refractivity contribution in [3.63, 3.8) is 0 Å². The van der Waals surface area contributed by atoms with E-state index >= 15 is 0 Å². The second kappa shape index (κ2) is 7.38. The van der Waals surface area contributed by atoms with Crippen molar-refractivity contribution in [2.75, 3.05) is 19.7 Å². The van der Waals surface area contributed by atoms with Crippen molar-refractivity contribution in [2.24, 2.45) is 11.3 Å². The second-order valence-electron chi connectivity index (χ2n) is 6.71. The number of nitrogens with zero attached hydrogens (tertiary/aromatic N) is 1. The van der Waals surface area contributed by atoms with E-state index in [4.69, 9.17) is 4.84 Å². The van der Waals surface area contributed by atoms with Gasteiger partial charge in [0.25, 0.3) is 0 Å². The lowest BCUT2D eigenvalue weighted by atomic mass is 9.87. The predicted octanol–water partition coefficient (Wildman–Crippen LogP) is 4.26. The van der Waals surface area contributed by atoms with Gasteiger partial charge >= 0.3 is 0 Å². The van der Waals surface area contributed by atoms with Gasteiger partial charge in [-0.05, 0) is 30.6 Å². The fraction of sp³-hybridized carbons (Fsp3) is 1.00. The highest BCUT2D eigenvalue weighted by atomic mass is 16.7. The van der Waals surface area contributed by atoms with Crippen LogP contribution in [0.25, 0.3) is 0 Å². The summed E-state index contributed by atoms with van der Waals surface area (Å²) >= 11 is 0. The Balaban J connectivity index is 2.14. The van der Waals surface area contributed by atoms with Crippen molar-refractivity contribution in [1.82, 2.24) is 5.06 Å². The van der Waals surface area contributed by atoms with E-state index in [1.54, 1.807) is 0 Å². The lowest BCUT2D eigenvalue weighted by molar-refractivity contribution is -0.189. The SMILES string of the molecule is CC(C)CCCC(C)(C)CON1CCCCC1. The molecule has 0 radical (unpaired) electrons. The molecule has 1 heterocycles. The van der Waals surface area contributed by atoms with Crippen molar-refractivity contribution < 1.29 is 4.84 Å². The molecule has 0 bridgehead atoms. The summed E-state index contributed by atoms with van der Waals surface area (Å²) in [5, 5.41) is 2.17. The lowest BCUT2D eigenvalue weighted by Crippen LogP contribution is -2.33. The molecule has 0 spiro atoms. The molecule has 1 fully saturated rings. The molecule has 0 N–H and O–H groups in total. The van der Waals surface area contributed by atoms with E-state index in [1.165, 1.54) is 38.5 Å². The monoisotopic (exact) mass is 241 g/mol. The molecule has 0 atom stereocenters. The molecule has 0 aromatic carbocycles. The molecular formula is C15H31NO. The Hall–Kier alpha value is -0.0800. The maximum absolute atomic E-state index is 5.94. The van der Waals surface area contributed by atoms with Crippen LogP contribution in [0.3, 0.4) is 0 Å². The standard InChI is InChI=1S/C15H31NO/c1-14(2)9-8-10-15(3,4)13-17-16-11-6-5-7-12-16/h14H,5-13H2,1-4H3. The third-order valence-corrected chi connectivity index (χ3v) is 3.59. The maximum Gasteiger partial charge on any atom is 0.0736 e. The second-order valence-corrected chi connectivity index (χ2v) is 6.71.